The number of phosphoric acid groups is 1. The molecule has 55 heavy (non-hydrogen) atoms. The number of unbranched alkanes of at least 4 members (excludes halogenated alkanes) is 31. The molecule has 1 amide bonds. The van der Waals surface area contributed by atoms with Crippen LogP contribution in [0, 0.1) is 0 Å². The second kappa shape index (κ2) is 39.0. The van der Waals surface area contributed by atoms with Gasteiger partial charge >= 0.3 is 7.82 Å². The van der Waals surface area contributed by atoms with Gasteiger partial charge in [0.15, 0.2) is 0 Å². The maximum absolute atomic E-state index is 12.8. The van der Waals surface area contributed by atoms with Gasteiger partial charge in [-0.2, -0.15) is 0 Å². The number of carbonyl (C=O) groups is 1. The standard InChI is InChI=1S/C46H95N2O6P/c1-6-8-10-12-14-15-16-17-18-19-20-21-22-23-24-25-26-27-28-29-30-31-32-34-36-38-40-46(50)47-44(45(49)39-37-35-33-13-11-9-7-2)43-54-55(51,52)53-42-41-48(3,4)5/h44-45,49H,6-43H2,1-5H3,(H-,47,50,51,52)/p+1. The lowest BCUT2D eigenvalue weighted by Crippen LogP contribution is -2.46. The predicted octanol–water partition coefficient (Wildman–Crippen LogP) is 13.4. The highest BCUT2D eigenvalue weighted by Crippen LogP contribution is 2.43. The zero-order valence-electron chi connectivity index (χ0n) is 37.4. The van der Waals surface area contributed by atoms with E-state index in [4.69, 9.17) is 9.05 Å². The Labute approximate surface area is 342 Å². The Bertz CT molecular complexity index is 870. The van der Waals surface area contributed by atoms with Crippen LogP contribution in [-0.4, -0.2) is 73.4 Å². The summed E-state index contributed by atoms with van der Waals surface area (Å²) in [6.07, 6.45) is 43.1. The molecule has 0 aliphatic heterocycles. The van der Waals surface area contributed by atoms with Crippen LogP contribution in [0.4, 0.5) is 0 Å². The summed E-state index contributed by atoms with van der Waals surface area (Å²) in [6.45, 7) is 4.86. The first kappa shape index (κ1) is 54.5. The largest absolute Gasteiger partial charge is 0.472 e. The fraction of sp³-hybridized carbons (Fsp3) is 0.978. The monoisotopic (exact) mass is 804 g/mol. The molecule has 3 atom stereocenters. The molecule has 0 fully saturated rings. The first-order chi connectivity index (χ1) is 26.5. The van der Waals surface area contributed by atoms with Crippen LogP contribution in [0.2, 0.25) is 0 Å². The lowest BCUT2D eigenvalue weighted by molar-refractivity contribution is -0.870. The maximum Gasteiger partial charge on any atom is 0.472 e. The third-order valence-corrected chi connectivity index (χ3v) is 12.1. The van der Waals surface area contributed by atoms with Gasteiger partial charge in [-0.3, -0.25) is 13.8 Å². The molecular formula is C46H96N2O6P+. The normalized spacial score (nSPS) is 14.2. The quantitative estimate of drug-likeness (QED) is 0.0322. The number of phosphoric ester groups is 1. The summed E-state index contributed by atoms with van der Waals surface area (Å²) in [6, 6.07) is -0.751. The molecule has 0 saturated heterocycles. The minimum Gasteiger partial charge on any atom is -0.391 e. The van der Waals surface area contributed by atoms with Crippen molar-refractivity contribution in [1.29, 1.82) is 0 Å². The van der Waals surface area contributed by atoms with Crippen LogP contribution in [0.5, 0.6) is 0 Å². The molecule has 0 rings (SSSR count). The fourth-order valence-electron chi connectivity index (χ4n) is 7.28. The average Bonchev–Trinajstić information content (AvgIpc) is 3.13. The molecule has 9 heteroatoms. The number of nitrogens with zero attached hydrogens (tertiary/aromatic N) is 1. The molecule has 0 saturated carbocycles. The molecule has 3 N–H and O–H groups in total. The van der Waals surface area contributed by atoms with E-state index in [1.54, 1.807) is 0 Å². The molecule has 0 aromatic rings. The Morgan fingerprint density at radius 1 is 0.545 bits per heavy atom. The Kier molecular flexibility index (Phi) is 38.6. The van der Waals surface area contributed by atoms with Crippen molar-refractivity contribution >= 4 is 13.7 Å². The number of likely N-dealkylation sites (N-methyl/N-ethyl adjacent to an activating group) is 1. The number of nitrogens with one attached hydrogen (secondary N) is 1. The van der Waals surface area contributed by atoms with E-state index in [1.807, 2.05) is 21.1 Å². The van der Waals surface area contributed by atoms with Crippen molar-refractivity contribution in [1.82, 2.24) is 5.32 Å². The van der Waals surface area contributed by atoms with Gasteiger partial charge in [-0.25, -0.2) is 4.57 Å². The topological polar surface area (TPSA) is 105 Å². The lowest BCUT2D eigenvalue weighted by atomic mass is 10.0. The summed E-state index contributed by atoms with van der Waals surface area (Å²) >= 11 is 0. The van der Waals surface area contributed by atoms with E-state index in [0.29, 0.717) is 23.9 Å². The molecular weight excluding hydrogens is 707 g/mol. The summed E-state index contributed by atoms with van der Waals surface area (Å²) in [5.74, 6) is -0.143. The molecule has 3 unspecified atom stereocenters. The summed E-state index contributed by atoms with van der Waals surface area (Å²) < 4.78 is 23.5. The molecule has 0 heterocycles. The van der Waals surface area contributed by atoms with Gasteiger partial charge in [0, 0.05) is 6.42 Å². The van der Waals surface area contributed by atoms with Crippen LogP contribution in [0.3, 0.4) is 0 Å². The van der Waals surface area contributed by atoms with Crippen molar-refractivity contribution in [2.24, 2.45) is 0 Å². The summed E-state index contributed by atoms with van der Waals surface area (Å²) in [4.78, 5) is 23.0. The van der Waals surface area contributed by atoms with E-state index < -0.39 is 20.0 Å². The van der Waals surface area contributed by atoms with Gasteiger partial charge in [-0.05, 0) is 12.8 Å². The van der Waals surface area contributed by atoms with Crippen LogP contribution >= 0.6 is 7.82 Å². The number of hydrogen-bond donors (Lipinski definition) is 3. The van der Waals surface area contributed by atoms with E-state index in [1.165, 1.54) is 173 Å². The highest BCUT2D eigenvalue weighted by Gasteiger charge is 2.28. The summed E-state index contributed by atoms with van der Waals surface area (Å²) in [5.41, 5.74) is 0. The molecule has 0 bridgehead atoms. The van der Waals surface area contributed by atoms with Gasteiger partial charge in [-0.1, -0.05) is 219 Å². The highest BCUT2D eigenvalue weighted by molar-refractivity contribution is 7.47. The van der Waals surface area contributed by atoms with Gasteiger partial charge in [0.25, 0.3) is 0 Å². The first-order valence-electron chi connectivity index (χ1n) is 23.9. The molecule has 0 aromatic carbocycles. The number of rotatable bonds is 44. The van der Waals surface area contributed by atoms with Gasteiger partial charge in [0.2, 0.25) is 5.91 Å². The second-order valence-electron chi connectivity index (χ2n) is 17.9. The average molecular weight is 804 g/mol. The van der Waals surface area contributed by atoms with Gasteiger partial charge in [-0.15, -0.1) is 0 Å². The van der Waals surface area contributed by atoms with E-state index in [9.17, 15) is 19.4 Å². The maximum atomic E-state index is 12.8. The van der Waals surface area contributed by atoms with Crippen LogP contribution in [-0.2, 0) is 18.4 Å². The Morgan fingerprint density at radius 2 is 0.873 bits per heavy atom. The van der Waals surface area contributed by atoms with Crippen molar-refractivity contribution in [3.63, 3.8) is 0 Å². The SMILES string of the molecule is CCCCCCCCCCCCCCCCCCCCCCCCCCCCC(=O)NC(COP(=O)(O)OCC[N+](C)(C)C)C(O)CCCCCCCCC. The number of carbonyl (C=O) groups excluding carboxylic acids is 1. The first-order valence-corrected chi connectivity index (χ1v) is 25.4. The molecule has 8 nitrogen and oxygen atoms in total. The van der Waals surface area contributed by atoms with E-state index in [0.717, 1.165) is 38.5 Å². The van der Waals surface area contributed by atoms with Crippen LogP contribution in [0.1, 0.15) is 239 Å². The van der Waals surface area contributed by atoms with Crippen molar-refractivity contribution < 1.29 is 32.9 Å². The Morgan fingerprint density at radius 3 is 1.22 bits per heavy atom. The van der Waals surface area contributed by atoms with E-state index in [2.05, 4.69) is 19.2 Å². The molecule has 0 radical (unpaired) electrons. The number of amides is 1. The van der Waals surface area contributed by atoms with Crippen molar-refractivity contribution in [2.45, 2.75) is 251 Å². The van der Waals surface area contributed by atoms with Crippen molar-refractivity contribution in [2.75, 3.05) is 40.9 Å². The smallest absolute Gasteiger partial charge is 0.391 e. The fourth-order valence-corrected chi connectivity index (χ4v) is 8.02. The molecule has 0 aliphatic carbocycles. The van der Waals surface area contributed by atoms with Gasteiger partial charge in [0.05, 0.1) is 39.9 Å². The van der Waals surface area contributed by atoms with Crippen LogP contribution in [0.15, 0.2) is 0 Å². The molecule has 0 spiro atoms. The highest BCUT2D eigenvalue weighted by atomic mass is 31.2. The van der Waals surface area contributed by atoms with Crippen molar-refractivity contribution in [3.8, 4) is 0 Å². The zero-order valence-corrected chi connectivity index (χ0v) is 38.3. The molecule has 0 aliphatic rings. The molecule has 330 valence electrons. The van der Waals surface area contributed by atoms with Crippen LogP contribution in [0.25, 0.3) is 0 Å². The number of quaternary nitrogens is 1. The number of aliphatic hydroxyl groups is 1. The molecule has 0 aromatic heterocycles. The Balaban J connectivity index is 3.95. The minimum absolute atomic E-state index is 0.0779. The summed E-state index contributed by atoms with van der Waals surface area (Å²) in [7, 11) is 1.63. The third kappa shape index (κ3) is 41.5. The van der Waals surface area contributed by atoms with Gasteiger partial charge in [0.1, 0.15) is 13.2 Å². The summed E-state index contributed by atoms with van der Waals surface area (Å²) in [5, 5.41) is 13.8. The van der Waals surface area contributed by atoms with Gasteiger partial charge < -0.3 is 19.8 Å². The van der Waals surface area contributed by atoms with Crippen molar-refractivity contribution in [3.05, 3.63) is 0 Å². The number of aliphatic hydroxyl groups excluding tert-OH is 1. The number of hydrogen-bond acceptors (Lipinski definition) is 5. The third-order valence-electron chi connectivity index (χ3n) is 11.1. The van der Waals surface area contributed by atoms with Crippen LogP contribution < -0.4 is 5.32 Å². The predicted molar refractivity (Wildman–Crippen MR) is 236 cm³/mol. The van der Waals surface area contributed by atoms with E-state index >= 15 is 0 Å². The minimum atomic E-state index is -4.30. The zero-order chi connectivity index (χ0) is 40.7. The van der Waals surface area contributed by atoms with E-state index in [-0.39, 0.29) is 19.1 Å². The Hall–Kier alpha value is -0.500. The lowest BCUT2D eigenvalue weighted by Gasteiger charge is -2.26. The second-order valence-corrected chi connectivity index (χ2v) is 19.3.